The number of pyridine rings is 1. The Morgan fingerprint density at radius 3 is 2.53 bits per heavy atom. The highest BCUT2D eigenvalue weighted by Crippen LogP contribution is 2.37. The Morgan fingerprint density at radius 2 is 1.88 bits per heavy atom. The molecule has 3 aromatic rings. The van der Waals surface area contributed by atoms with Gasteiger partial charge in [-0.15, -0.1) is 0 Å². The molecular weight excluding hydrogens is 454 g/mol. The average molecular weight is 475 g/mol. The molecule has 0 aliphatic carbocycles. The molecule has 1 amide bonds. The summed E-state index contributed by atoms with van der Waals surface area (Å²) in [6.07, 6.45) is 0.938. The topological polar surface area (TPSA) is 94.5 Å². The number of nitrogens with zero attached hydrogens (tertiary/aromatic N) is 2. The number of rotatable bonds is 5. The van der Waals surface area contributed by atoms with E-state index in [1.165, 1.54) is 12.1 Å². The molecule has 2 aromatic carbocycles. The third-order valence-electron chi connectivity index (χ3n) is 5.33. The minimum atomic E-state index is -0.673. The summed E-state index contributed by atoms with van der Waals surface area (Å²) in [5, 5.41) is 0.186. The molecule has 32 heavy (non-hydrogen) atoms. The molecule has 166 valence electrons. The number of nitrogen functional groups attached to an aromatic ring is 1. The number of hydrogen-bond acceptors (Lipinski definition) is 5. The summed E-state index contributed by atoms with van der Waals surface area (Å²) in [5.41, 5.74) is 14.2. The molecule has 6 nitrogen and oxygen atoms in total. The molecule has 1 aliphatic rings. The SMILES string of the molecule is CC(Oc1cc(-c2ccc(C(=O)N3CC(N)C3)cc2)cnc1N)c1c(Cl)ccc(F)c1Cl. The van der Waals surface area contributed by atoms with Crippen molar-refractivity contribution in [2.75, 3.05) is 18.8 Å². The van der Waals surface area contributed by atoms with Crippen molar-refractivity contribution < 1.29 is 13.9 Å². The minimum Gasteiger partial charge on any atom is -0.482 e. The molecule has 4 rings (SSSR count). The Bertz CT molecular complexity index is 1170. The summed E-state index contributed by atoms with van der Waals surface area (Å²) in [7, 11) is 0. The van der Waals surface area contributed by atoms with Crippen LogP contribution in [0.15, 0.2) is 48.7 Å². The van der Waals surface area contributed by atoms with E-state index in [1.54, 1.807) is 36.2 Å². The molecule has 1 aliphatic heterocycles. The van der Waals surface area contributed by atoms with Crippen LogP contribution in [-0.2, 0) is 0 Å². The highest BCUT2D eigenvalue weighted by Gasteiger charge is 2.28. The van der Waals surface area contributed by atoms with Crippen molar-refractivity contribution >= 4 is 34.9 Å². The summed E-state index contributed by atoms with van der Waals surface area (Å²) in [4.78, 5) is 18.3. The van der Waals surface area contributed by atoms with E-state index in [0.717, 1.165) is 11.1 Å². The highest BCUT2D eigenvalue weighted by atomic mass is 35.5. The summed E-state index contributed by atoms with van der Waals surface area (Å²) in [6, 6.07) is 11.6. The van der Waals surface area contributed by atoms with Gasteiger partial charge in [-0.1, -0.05) is 35.3 Å². The fourth-order valence-electron chi connectivity index (χ4n) is 3.54. The van der Waals surface area contributed by atoms with Crippen LogP contribution in [0.3, 0.4) is 0 Å². The number of anilines is 1. The first-order valence-electron chi connectivity index (χ1n) is 9.95. The monoisotopic (exact) mass is 474 g/mol. The second-order valence-corrected chi connectivity index (χ2v) is 8.46. The van der Waals surface area contributed by atoms with Gasteiger partial charge in [0.05, 0.1) is 5.02 Å². The number of ether oxygens (including phenoxy) is 1. The number of carbonyl (C=O) groups excluding carboxylic acids is 1. The normalized spacial score (nSPS) is 14.7. The molecule has 4 N–H and O–H groups in total. The van der Waals surface area contributed by atoms with Crippen molar-refractivity contribution in [3.05, 3.63) is 75.7 Å². The minimum absolute atomic E-state index is 0.0459. The Labute approximate surface area is 194 Å². The number of aromatic nitrogens is 1. The third-order valence-corrected chi connectivity index (χ3v) is 6.05. The summed E-state index contributed by atoms with van der Waals surface area (Å²) in [6.45, 7) is 2.84. The van der Waals surface area contributed by atoms with Gasteiger partial charge < -0.3 is 21.1 Å². The molecule has 1 aromatic heterocycles. The first kappa shape index (κ1) is 22.3. The molecule has 1 unspecified atom stereocenters. The van der Waals surface area contributed by atoms with Gasteiger partial charge in [0.25, 0.3) is 5.91 Å². The van der Waals surface area contributed by atoms with Gasteiger partial charge in [-0.05, 0) is 42.8 Å². The molecule has 1 atom stereocenters. The van der Waals surface area contributed by atoms with Crippen molar-refractivity contribution in [3.63, 3.8) is 0 Å². The summed E-state index contributed by atoms with van der Waals surface area (Å²) in [5.74, 6) is -0.155. The maximum atomic E-state index is 13.9. The van der Waals surface area contributed by atoms with Crippen molar-refractivity contribution in [1.29, 1.82) is 0 Å². The van der Waals surface area contributed by atoms with Crippen LogP contribution >= 0.6 is 23.2 Å². The standard InChI is InChI=1S/C23H21Cl2FN4O2/c1-12(20-17(24)6-7-18(26)21(20)25)32-19-8-15(9-29-22(19)28)13-2-4-14(5-3-13)23(31)30-10-16(27)11-30/h2-9,12,16H,10-11,27H2,1H3,(H2,28,29). The number of amides is 1. The smallest absolute Gasteiger partial charge is 0.253 e. The number of nitrogens with two attached hydrogens (primary N) is 2. The number of likely N-dealkylation sites (tertiary alicyclic amines) is 1. The van der Waals surface area contributed by atoms with E-state index < -0.39 is 11.9 Å². The Hall–Kier alpha value is -2.87. The van der Waals surface area contributed by atoms with Crippen molar-refractivity contribution in [2.24, 2.45) is 5.73 Å². The lowest BCUT2D eigenvalue weighted by Gasteiger charge is -2.36. The Kier molecular flexibility index (Phi) is 6.24. The van der Waals surface area contributed by atoms with E-state index in [1.807, 2.05) is 12.1 Å². The lowest BCUT2D eigenvalue weighted by Crippen LogP contribution is -2.57. The number of carbonyl (C=O) groups is 1. The van der Waals surface area contributed by atoms with E-state index in [-0.39, 0.29) is 27.8 Å². The Morgan fingerprint density at radius 1 is 1.19 bits per heavy atom. The lowest BCUT2D eigenvalue weighted by atomic mass is 10.0. The maximum Gasteiger partial charge on any atom is 0.253 e. The first-order chi connectivity index (χ1) is 15.2. The van der Waals surface area contributed by atoms with Crippen LogP contribution in [0.5, 0.6) is 5.75 Å². The van der Waals surface area contributed by atoms with Gasteiger partial charge in [0.1, 0.15) is 11.9 Å². The van der Waals surface area contributed by atoms with Crippen molar-refractivity contribution in [1.82, 2.24) is 9.88 Å². The van der Waals surface area contributed by atoms with Gasteiger partial charge in [-0.2, -0.15) is 0 Å². The average Bonchev–Trinajstić information content (AvgIpc) is 2.75. The van der Waals surface area contributed by atoms with Gasteiger partial charge in [0.2, 0.25) is 0 Å². The zero-order chi connectivity index (χ0) is 23.0. The summed E-state index contributed by atoms with van der Waals surface area (Å²) >= 11 is 12.3. The van der Waals surface area contributed by atoms with E-state index in [4.69, 9.17) is 39.4 Å². The number of benzene rings is 2. The van der Waals surface area contributed by atoms with E-state index >= 15 is 0 Å². The molecule has 0 spiro atoms. The molecule has 0 saturated carbocycles. The predicted molar refractivity (Wildman–Crippen MR) is 123 cm³/mol. The quantitative estimate of drug-likeness (QED) is 0.522. The fraction of sp³-hybridized carbons (Fsp3) is 0.217. The zero-order valence-electron chi connectivity index (χ0n) is 17.2. The second kappa shape index (κ2) is 8.94. The molecule has 0 bridgehead atoms. The van der Waals surface area contributed by atoms with Crippen LogP contribution in [0.25, 0.3) is 11.1 Å². The van der Waals surface area contributed by atoms with Crippen molar-refractivity contribution in [3.8, 4) is 16.9 Å². The molecular formula is C23H21Cl2FN4O2. The maximum absolute atomic E-state index is 13.9. The lowest BCUT2D eigenvalue weighted by molar-refractivity contribution is 0.0608. The van der Waals surface area contributed by atoms with Gasteiger partial charge >= 0.3 is 0 Å². The predicted octanol–water partition coefficient (Wildman–Crippen LogP) is 4.70. The number of hydrogen-bond donors (Lipinski definition) is 2. The van der Waals surface area contributed by atoms with Crippen LogP contribution in [0.4, 0.5) is 10.2 Å². The van der Waals surface area contributed by atoms with E-state index in [0.29, 0.717) is 30.0 Å². The molecule has 0 radical (unpaired) electrons. The van der Waals surface area contributed by atoms with Crippen molar-refractivity contribution in [2.45, 2.75) is 19.1 Å². The Balaban J connectivity index is 1.55. The van der Waals surface area contributed by atoms with Crippen LogP contribution in [-0.4, -0.2) is 34.9 Å². The van der Waals surface area contributed by atoms with Crippen LogP contribution < -0.4 is 16.2 Å². The summed E-state index contributed by atoms with van der Waals surface area (Å²) < 4.78 is 19.8. The molecule has 1 fully saturated rings. The zero-order valence-corrected chi connectivity index (χ0v) is 18.7. The van der Waals surface area contributed by atoms with Gasteiger partial charge in [-0.3, -0.25) is 4.79 Å². The van der Waals surface area contributed by atoms with E-state index in [9.17, 15) is 9.18 Å². The molecule has 9 heteroatoms. The third kappa shape index (κ3) is 4.37. The molecule has 1 saturated heterocycles. The van der Waals surface area contributed by atoms with Gasteiger partial charge in [0.15, 0.2) is 11.6 Å². The van der Waals surface area contributed by atoms with Gasteiger partial charge in [-0.25, -0.2) is 9.37 Å². The number of halogens is 3. The fourth-order valence-corrected chi connectivity index (χ4v) is 4.22. The molecule has 2 heterocycles. The highest BCUT2D eigenvalue weighted by molar-refractivity contribution is 6.36. The first-order valence-corrected chi connectivity index (χ1v) is 10.7. The van der Waals surface area contributed by atoms with E-state index in [2.05, 4.69) is 4.98 Å². The van der Waals surface area contributed by atoms with Gasteiger partial charge in [0, 0.05) is 47.0 Å². The van der Waals surface area contributed by atoms with Crippen LogP contribution in [0.2, 0.25) is 10.0 Å². The van der Waals surface area contributed by atoms with Crippen LogP contribution in [0, 0.1) is 5.82 Å². The largest absolute Gasteiger partial charge is 0.482 e. The van der Waals surface area contributed by atoms with Crippen LogP contribution in [0.1, 0.15) is 28.9 Å². The second-order valence-electron chi connectivity index (χ2n) is 7.67.